The summed E-state index contributed by atoms with van der Waals surface area (Å²) in [6, 6.07) is 8.38. The molecule has 1 aromatic rings. The number of likely N-dealkylation sites (tertiary alicyclic amines) is 1. The molecule has 1 aliphatic heterocycles. The predicted octanol–water partition coefficient (Wildman–Crippen LogP) is 2.04. The van der Waals surface area contributed by atoms with Crippen molar-refractivity contribution < 1.29 is 19.4 Å². The number of carbonyl (C=O) groups excluding carboxylic acids is 1. The number of benzene rings is 1. The lowest BCUT2D eigenvalue weighted by molar-refractivity contribution is -0.141. The van der Waals surface area contributed by atoms with Gasteiger partial charge >= 0.3 is 12.1 Å². The minimum Gasteiger partial charge on any atom is -0.480 e. The Balaban J connectivity index is 1.96. The molecule has 1 N–H and O–H groups in total. The van der Waals surface area contributed by atoms with Crippen molar-refractivity contribution in [2.24, 2.45) is 0 Å². The molecular formula is C14H15NO4. The van der Waals surface area contributed by atoms with E-state index in [0.717, 1.165) is 11.1 Å². The van der Waals surface area contributed by atoms with Crippen molar-refractivity contribution in [1.82, 2.24) is 4.90 Å². The Morgan fingerprint density at radius 2 is 2.05 bits per heavy atom. The summed E-state index contributed by atoms with van der Waals surface area (Å²) in [4.78, 5) is 24.1. The molecule has 0 radical (unpaired) electrons. The molecule has 1 amide bonds. The van der Waals surface area contributed by atoms with Crippen molar-refractivity contribution in [1.29, 1.82) is 0 Å². The van der Waals surface area contributed by atoms with Gasteiger partial charge in [0.1, 0.15) is 12.6 Å². The van der Waals surface area contributed by atoms with Gasteiger partial charge < -0.3 is 9.84 Å². The van der Waals surface area contributed by atoms with Crippen LogP contribution >= 0.6 is 0 Å². The standard InChI is InChI=1S/C14H15NO4/c1-10-7-12(13(16)17)15(8-10)14(18)19-9-11-5-3-2-4-6-11/h2-6,12H,1,7-9H2,(H,16,17)/t12-/m0/s1. The molecule has 1 saturated heterocycles. The van der Waals surface area contributed by atoms with Crippen LogP contribution in [0.25, 0.3) is 0 Å². The van der Waals surface area contributed by atoms with Gasteiger partial charge in [-0.25, -0.2) is 9.59 Å². The van der Waals surface area contributed by atoms with Crippen LogP contribution < -0.4 is 0 Å². The van der Waals surface area contributed by atoms with E-state index < -0.39 is 18.1 Å². The third-order valence-electron chi connectivity index (χ3n) is 2.98. The molecule has 2 rings (SSSR count). The van der Waals surface area contributed by atoms with Gasteiger partial charge in [-0.05, 0) is 5.56 Å². The highest BCUT2D eigenvalue weighted by molar-refractivity contribution is 5.81. The monoisotopic (exact) mass is 261 g/mol. The molecule has 0 saturated carbocycles. The van der Waals surface area contributed by atoms with E-state index in [2.05, 4.69) is 6.58 Å². The number of carbonyl (C=O) groups is 2. The molecule has 0 aliphatic carbocycles. The molecule has 1 aromatic carbocycles. The first-order valence-electron chi connectivity index (χ1n) is 5.94. The van der Waals surface area contributed by atoms with Gasteiger partial charge in [0, 0.05) is 13.0 Å². The molecule has 0 bridgehead atoms. The molecular weight excluding hydrogens is 246 g/mol. The lowest BCUT2D eigenvalue weighted by Crippen LogP contribution is -2.40. The van der Waals surface area contributed by atoms with Crippen molar-refractivity contribution >= 4 is 12.1 Å². The first-order chi connectivity index (χ1) is 9.08. The fourth-order valence-corrected chi connectivity index (χ4v) is 2.01. The number of rotatable bonds is 3. The Morgan fingerprint density at radius 1 is 1.37 bits per heavy atom. The van der Waals surface area contributed by atoms with Crippen LogP contribution in [0.1, 0.15) is 12.0 Å². The fraction of sp³-hybridized carbons (Fsp3) is 0.286. The maximum atomic E-state index is 11.9. The highest BCUT2D eigenvalue weighted by atomic mass is 16.6. The van der Waals surface area contributed by atoms with E-state index in [-0.39, 0.29) is 19.6 Å². The maximum absolute atomic E-state index is 11.9. The lowest BCUT2D eigenvalue weighted by atomic mass is 10.2. The Kier molecular flexibility index (Phi) is 3.85. The smallest absolute Gasteiger partial charge is 0.411 e. The zero-order valence-electron chi connectivity index (χ0n) is 10.4. The van der Waals surface area contributed by atoms with Gasteiger partial charge in [0.05, 0.1) is 0 Å². The number of ether oxygens (including phenoxy) is 1. The number of aliphatic carboxylic acids is 1. The molecule has 1 atom stereocenters. The first-order valence-corrected chi connectivity index (χ1v) is 5.94. The molecule has 1 heterocycles. The van der Waals surface area contributed by atoms with Crippen molar-refractivity contribution in [3.63, 3.8) is 0 Å². The Morgan fingerprint density at radius 3 is 2.68 bits per heavy atom. The van der Waals surface area contributed by atoms with Gasteiger partial charge in [-0.1, -0.05) is 42.5 Å². The van der Waals surface area contributed by atoms with Crippen molar-refractivity contribution in [3.8, 4) is 0 Å². The van der Waals surface area contributed by atoms with Crippen LogP contribution in [-0.2, 0) is 16.1 Å². The highest BCUT2D eigenvalue weighted by Crippen LogP contribution is 2.22. The SMILES string of the molecule is C=C1C[C@@H](C(=O)O)N(C(=O)OCc2ccccc2)C1. The second-order valence-corrected chi connectivity index (χ2v) is 4.48. The van der Waals surface area contributed by atoms with E-state index in [1.807, 2.05) is 30.3 Å². The zero-order valence-corrected chi connectivity index (χ0v) is 10.4. The number of hydrogen-bond acceptors (Lipinski definition) is 3. The first kappa shape index (κ1) is 13.1. The fourth-order valence-electron chi connectivity index (χ4n) is 2.01. The molecule has 1 aliphatic rings. The number of amides is 1. The summed E-state index contributed by atoms with van der Waals surface area (Å²) in [7, 11) is 0. The van der Waals surface area contributed by atoms with Gasteiger partial charge in [0.15, 0.2) is 0 Å². The van der Waals surface area contributed by atoms with E-state index >= 15 is 0 Å². The lowest BCUT2D eigenvalue weighted by Gasteiger charge is -2.20. The summed E-state index contributed by atoms with van der Waals surface area (Å²) in [6.45, 7) is 4.10. The minimum absolute atomic E-state index is 0.134. The topological polar surface area (TPSA) is 66.8 Å². The van der Waals surface area contributed by atoms with E-state index in [9.17, 15) is 9.59 Å². The van der Waals surface area contributed by atoms with Gasteiger partial charge in [-0.2, -0.15) is 0 Å². The van der Waals surface area contributed by atoms with Gasteiger partial charge in [-0.3, -0.25) is 4.90 Å². The average molecular weight is 261 g/mol. The van der Waals surface area contributed by atoms with Crippen LogP contribution in [0.4, 0.5) is 4.79 Å². The van der Waals surface area contributed by atoms with E-state index in [0.29, 0.717) is 0 Å². The number of nitrogens with zero attached hydrogens (tertiary/aromatic N) is 1. The third kappa shape index (κ3) is 3.13. The normalized spacial score (nSPS) is 18.4. The number of carboxylic acid groups (broad SMARTS) is 1. The predicted molar refractivity (Wildman–Crippen MR) is 68.5 cm³/mol. The largest absolute Gasteiger partial charge is 0.480 e. The summed E-state index contributed by atoms with van der Waals surface area (Å²) in [5, 5.41) is 9.05. The van der Waals surface area contributed by atoms with E-state index in [1.54, 1.807) is 0 Å². The summed E-state index contributed by atoms with van der Waals surface area (Å²) in [5.41, 5.74) is 1.59. The minimum atomic E-state index is -1.03. The van der Waals surface area contributed by atoms with Crippen LogP contribution in [0.15, 0.2) is 42.5 Å². The average Bonchev–Trinajstić information content (AvgIpc) is 2.79. The second-order valence-electron chi connectivity index (χ2n) is 4.48. The van der Waals surface area contributed by atoms with Crippen molar-refractivity contribution in [2.45, 2.75) is 19.1 Å². The van der Waals surface area contributed by atoms with Crippen LogP contribution in [0.3, 0.4) is 0 Å². The van der Waals surface area contributed by atoms with Crippen molar-refractivity contribution in [2.75, 3.05) is 6.54 Å². The number of hydrogen-bond donors (Lipinski definition) is 1. The van der Waals surface area contributed by atoms with Crippen LogP contribution in [-0.4, -0.2) is 34.7 Å². The third-order valence-corrected chi connectivity index (χ3v) is 2.98. The van der Waals surface area contributed by atoms with E-state index in [4.69, 9.17) is 9.84 Å². The second kappa shape index (κ2) is 5.56. The summed E-state index contributed by atoms with van der Waals surface area (Å²) < 4.78 is 5.12. The molecule has 0 unspecified atom stereocenters. The summed E-state index contributed by atoms with van der Waals surface area (Å²) >= 11 is 0. The molecule has 1 fully saturated rings. The molecule has 5 heteroatoms. The van der Waals surface area contributed by atoms with Crippen LogP contribution in [0.2, 0.25) is 0 Å². The summed E-state index contributed by atoms with van der Waals surface area (Å²) in [6.07, 6.45) is -0.328. The molecule has 19 heavy (non-hydrogen) atoms. The zero-order chi connectivity index (χ0) is 13.8. The quantitative estimate of drug-likeness (QED) is 0.845. The number of carboxylic acids is 1. The molecule has 0 spiro atoms. The van der Waals surface area contributed by atoms with E-state index in [1.165, 1.54) is 4.90 Å². The van der Waals surface area contributed by atoms with Gasteiger partial charge in [-0.15, -0.1) is 0 Å². The van der Waals surface area contributed by atoms with Crippen molar-refractivity contribution in [3.05, 3.63) is 48.0 Å². The molecule has 100 valence electrons. The van der Waals surface area contributed by atoms with Crippen LogP contribution in [0.5, 0.6) is 0 Å². The Hall–Kier alpha value is -2.30. The Bertz CT molecular complexity index is 497. The Labute approximate surface area is 111 Å². The molecule has 0 aromatic heterocycles. The molecule has 5 nitrogen and oxygen atoms in total. The van der Waals surface area contributed by atoms with Crippen LogP contribution in [0, 0.1) is 0 Å². The van der Waals surface area contributed by atoms with Gasteiger partial charge in [0.2, 0.25) is 0 Å². The van der Waals surface area contributed by atoms with Gasteiger partial charge in [0.25, 0.3) is 0 Å². The highest BCUT2D eigenvalue weighted by Gasteiger charge is 2.36. The summed E-state index contributed by atoms with van der Waals surface area (Å²) in [5.74, 6) is -1.03. The maximum Gasteiger partial charge on any atom is 0.411 e.